The zero-order valence-electron chi connectivity index (χ0n) is 12.8. The molecule has 1 amide bonds. The first-order valence-electron chi connectivity index (χ1n) is 8.31. The van der Waals surface area contributed by atoms with Gasteiger partial charge in [0.25, 0.3) is 0 Å². The van der Waals surface area contributed by atoms with E-state index in [1.807, 2.05) is 4.90 Å². The largest absolute Gasteiger partial charge is 0.469 e. The van der Waals surface area contributed by atoms with Gasteiger partial charge in [0.15, 0.2) is 0 Å². The molecule has 3 rings (SSSR count). The highest BCUT2D eigenvalue weighted by molar-refractivity contribution is 5.84. The Labute approximate surface area is 126 Å². The smallest absolute Gasteiger partial charge is 0.307 e. The van der Waals surface area contributed by atoms with Crippen LogP contribution in [-0.4, -0.2) is 49.1 Å². The second-order valence-corrected chi connectivity index (χ2v) is 6.70. The van der Waals surface area contributed by atoms with Crippen LogP contribution in [0.3, 0.4) is 0 Å². The number of hydrogen-bond acceptors (Lipinski definition) is 4. The van der Waals surface area contributed by atoms with Crippen LogP contribution in [0, 0.1) is 11.8 Å². The number of nitrogens with zero attached hydrogens (tertiary/aromatic N) is 1. The van der Waals surface area contributed by atoms with Gasteiger partial charge in [-0.2, -0.15) is 0 Å². The van der Waals surface area contributed by atoms with Gasteiger partial charge in [0, 0.05) is 12.6 Å². The molecule has 0 radical (unpaired) electrons. The molecule has 0 bridgehead atoms. The van der Waals surface area contributed by atoms with E-state index >= 15 is 0 Å². The van der Waals surface area contributed by atoms with Crippen molar-refractivity contribution in [1.82, 2.24) is 10.2 Å². The van der Waals surface area contributed by atoms with Crippen LogP contribution >= 0.6 is 0 Å². The molecule has 21 heavy (non-hydrogen) atoms. The SMILES string of the molecule is COC(=O)CC1CCCCN1C(=O)C1NCC2CCCC21. The Morgan fingerprint density at radius 3 is 2.86 bits per heavy atom. The van der Waals surface area contributed by atoms with E-state index in [4.69, 9.17) is 4.74 Å². The summed E-state index contributed by atoms with van der Waals surface area (Å²) >= 11 is 0. The van der Waals surface area contributed by atoms with E-state index in [1.165, 1.54) is 26.4 Å². The molecular formula is C16H26N2O3. The fourth-order valence-electron chi connectivity index (χ4n) is 4.42. The van der Waals surface area contributed by atoms with Crippen molar-refractivity contribution in [3.8, 4) is 0 Å². The lowest BCUT2D eigenvalue weighted by Gasteiger charge is -2.37. The Balaban J connectivity index is 1.67. The average Bonchev–Trinajstić information content (AvgIpc) is 3.10. The van der Waals surface area contributed by atoms with Gasteiger partial charge in [-0.1, -0.05) is 6.42 Å². The van der Waals surface area contributed by atoms with Crippen LogP contribution in [0.25, 0.3) is 0 Å². The minimum absolute atomic E-state index is 0.0178. The number of nitrogens with one attached hydrogen (secondary N) is 1. The lowest BCUT2D eigenvalue weighted by molar-refractivity contribution is -0.145. The van der Waals surface area contributed by atoms with Crippen LogP contribution < -0.4 is 5.32 Å². The lowest BCUT2D eigenvalue weighted by atomic mass is 9.91. The molecular weight excluding hydrogens is 268 g/mol. The monoisotopic (exact) mass is 294 g/mol. The second-order valence-electron chi connectivity index (χ2n) is 6.70. The molecule has 3 fully saturated rings. The van der Waals surface area contributed by atoms with Gasteiger partial charge in [0.2, 0.25) is 5.91 Å². The van der Waals surface area contributed by atoms with Crippen LogP contribution in [0.2, 0.25) is 0 Å². The van der Waals surface area contributed by atoms with Gasteiger partial charge in [-0.3, -0.25) is 9.59 Å². The van der Waals surface area contributed by atoms with Gasteiger partial charge in [-0.05, 0) is 50.5 Å². The summed E-state index contributed by atoms with van der Waals surface area (Å²) < 4.78 is 4.78. The van der Waals surface area contributed by atoms with Crippen LogP contribution in [0.4, 0.5) is 0 Å². The summed E-state index contributed by atoms with van der Waals surface area (Å²) in [6.07, 6.45) is 7.08. The number of piperidine rings is 1. The summed E-state index contributed by atoms with van der Waals surface area (Å²) in [5.41, 5.74) is 0. The fraction of sp³-hybridized carbons (Fsp3) is 0.875. The Morgan fingerprint density at radius 1 is 1.19 bits per heavy atom. The molecule has 118 valence electrons. The number of methoxy groups -OCH3 is 1. The van der Waals surface area contributed by atoms with Crippen LogP contribution in [0.15, 0.2) is 0 Å². The second kappa shape index (κ2) is 6.34. The topological polar surface area (TPSA) is 58.6 Å². The summed E-state index contributed by atoms with van der Waals surface area (Å²) in [7, 11) is 1.42. The Kier molecular flexibility index (Phi) is 4.48. The van der Waals surface area contributed by atoms with Crippen molar-refractivity contribution in [2.45, 2.75) is 57.0 Å². The molecule has 5 heteroatoms. The number of amides is 1. The Bertz CT molecular complexity index is 412. The zero-order chi connectivity index (χ0) is 14.8. The van der Waals surface area contributed by atoms with Crippen molar-refractivity contribution in [3.05, 3.63) is 0 Å². The van der Waals surface area contributed by atoms with Crippen LogP contribution in [0.1, 0.15) is 44.9 Å². The van der Waals surface area contributed by atoms with Gasteiger partial charge >= 0.3 is 5.97 Å². The van der Waals surface area contributed by atoms with Gasteiger partial charge < -0.3 is 15.0 Å². The third-order valence-corrected chi connectivity index (χ3v) is 5.55. The molecule has 1 N–H and O–H groups in total. The first-order valence-corrected chi connectivity index (χ1v) is 8.31. The van der Waals surface area contributed by atoms with Gasteiger partial charge in [0.1, 0.15) is 0 Å². The molecule has 1 aliphatic carbocycles. The van der Waals surface area contributed by atoms with E-state index in [0.717, 1.165) is 32.4 Å². The van der Waals surface area contributed by atoms with Crippen molar-refractivity contribution in [3.63, 3.8) is 0 Å². The van der Waals surface area contributed by atoms with E-state index in [0.29, 0.717) is 18.3 Å². The highest BCUT2D eigenvalue weighted by Gasteiger charge is 2.45. The predicted octanol–water partition coefficient (Wildman–Crippen LogP) is 1.32. The van der Waals surface area contributed by atoms with Crippen molar-refractivity contribution in [2.24, 2.45) is 11.8 Å². The number of rotatable bonds is 3. The molecule has 0 spiro atoms. The van der Waals surface area contributed by atoms with Crippen LogP contribution in [-0.2, 0) is 14.3 Å². The predicted molar refractivity (Wildman–Crippen MR) is 78.6 cm³/mol. The summed E-state index contributed by atoms with van der Waals surface area (Å²) in [4.78, 5) is 26.5. The number of fused-ring (bicyclic) bond motifs is 1. The third-order valence-electron chi connectivity index (χ3n) is 5.55. The molecule has 1 saturated carbocycles. The summed E-state index contributed by atoms with van der Waals surface area (Å²) in [5, 5.41) is 3.44. The Morgan fingerprint density at radius 2 is 2.05 bits per heavy atom. The van der Waals surface area contributed by atoms with Gasteiger partial charge in [0.05, 0.1) is 19.6 Å². The fourth-order valence-corrected chi connectivity index (χ4v) is 4.42. The molecule has 0 aromatic carbocycles. The first-order chi connectivity index (χ1) is 10.2. The molecule has 4 unspecified atom stereocenters. The molecule has 5 nitrogen and oxygen atoms in total. The minimum atomic E-state index is -0.210. The number of hydrogen-bond donors (Lipinski definition) is 1. The maximum atomic E-state index is 12.9. The lowest BCUT2D eigenvalue weighted by Crippen LogP contribution is -2.52. The summed E-state index contributed by atoms with van der Waals surface area (Å²) in [6, 6.07) is 0.0108. The van der Waals surface area contributed by atoms with E-state index in [-0.39, 0.29) is 24.0 Å². The van der Waals surface area contributed by atoms with Crippen molar-refractivity contribution in [2.75, 3.05) is 20.2 Å². The summed E-state index contributed by atoms with van der Waals surface area (Å²) in [6.45, 7) is 1.77. The highest BCUT2D eigenvalue weighted by Crippen LogP contribution is 2.38. The van der Waals surface area contributed by atoms with E-state index < -0.39 is 0 Å². The first kappa shape index (κ1) is 14.8. The molecule has 0 aromatic heterocycles. The normalized spacial score (nSPS) is 35.6. The van der Waals surface area contributed by atoms with E-state index in [2.05, 4.69) is 5.32 Å². The van der Waals surface area contributed by atoms with Crippen molar-refractivity contribution in [1.29, 1.82) is 0 Å². The molecule has 2 saturated heterocycles. The van der Waals surface area contributed by atoms with Gasteiger partial charge in [-0.15, -0.1) is 0 Å². The molecule has 2 aliphatic heterocycles. The number of esters is 1. The maximum absolute atomic E-state index is 12.9. The molecule has 2 heterocycles. The molecule has 3 aliphatic rings. The number of carbonyl (C=O) groups is 2. The summed E-state index contributed by atoms with van der Waals surface area (Å²) in [5.74, 6) is 1.21. The molecule has 0 aromatic rings. The number of likely N-dealkylation sites (tertiary alicyclic amines) is 1. The molecule has 4 atom stereocenters. The Hall–Kier alpha value is -1.10. The van der Waals surface area contributed by atoms with E-state index in [9.17, 15) is 9.59 Å². The zero-order valence-corrected chi connectivity index (χ0v) is 12.8. The standard InChI is InChI=1S/C16H26N2O3/c1-21-14(19)9-12-6-2-3-8-18(12)16(20)15-13-7-4-5-11(13)10-17-15/h11-13,15,17H,2-10H2,1H3. The minimum Gasteiger partial charge on any atom is -0.469 e. The van der Waals surface area contributed by atoms with Crippen molar-refractivity contribution < 1.29 is 14.3 Å². The third kappa shape index (κ3) is 2.93. The van der Waals surface area contributed by atoms with Crippen molar-refractivity contribution >= 4 is 11.9 Å². The number of carbonyl (C=O) groups excluding carboxylic acids is 2. The quantitative estimate of drug-likeness (QED) is 0.798. The average molecular weight is 294 g/mol. The maximum Gasteiger partial charge on any atom is 0.307 e. The number of ether oxygens (including phenoxy) is 1. The van der Waals surface area contributed by atoms with Crippen LogP contribution in [0.5, 0.6) is 0 Å². The highest BCUT2D eigenvalue weighted by atomic mass is 16.5. The van der Waals surface area contributed by atoms with Gasteiger partial charge in [-0.25, -0.2) is 0 Å². The van der Waals surface area contributed by atoms with E-state index in [1.54, 1.807) is 0 Å².